The van der Waals surface area contributed by atoms with E-state index in [0.29, 0.717) is 24.2 Å². The molecule has 1 N–H and O–H groups in total. The van der Waals surface area contributed by atoms with E-state index in [-0.39, 0.29) is 6.42 Å². The Hall–Kier alpha value is -1.58. The zero-order valence-electron chi connectivity index (χ0n) is 10.1. The molecule has 0 spiro atoms. The summed E-state index contributed by atoms with van der Waals surface area (Å²) in [4.78, 5) is 10.4. The number of ether oxygens (including phenoxy) is 1. The molecule has 0 heterocycles. The third kappa shape index (κ3) is 3.73. The lowest BCUT2D eigenvalue weighted by atomic mass is 9.98. The maximum atomic E-state index is 13.5. The summed E-state index contributed by atoms with van der Waals surface area (Å²) in [7, 11) is 1.50. The Bertz CT molecular complexity index is 388. The number of carboxylic acid groups (broad SMARTS) is 1. The van der Waals surface area contributed by atoms with Crippen molar-refractivity contribution in [3.05, 3.63) is 29.3 Å². The Morgan fingerprint density at radius 1 is 1.53 bits per heavy atom. The summed E-state index contributed by atoms with van der Waals surface area (Å²) in [5, 5.41) is 8.57. The molecule has 0 saturated heterocycles. The fourth-order valence-corrected chi connectivity index (χ4v) is 1.87. The average Bonchev–Trinajstić information content (AvgIpc) is 2.27. The Balaban J connectivity index is 2.86. The van der Waals surface area contributed by atoms with Crippen LogP contribution in [0.25, 0.3) is 0 Å². The van der Waals surface area contributed by atoms with E-state index in [1.54, 1.807) is 12.1 Å². The summed E-state index contributed by atoms with van der Waals surface area (Å²) in [5.74, 6) is -0.310. The molecule has 1 unspecified atom stereocenters. The molecule has 1 rings (SSSR count). The molecule has 1 aromatic carbocycles. The monoisotopic (exact) mass is 240 g/mol. The van der Waals surface area contributed by atoms with E-state index in [2.05, 4.69) is 0 Å². The minimum Gasteiger partial charge on any atom is -0.496 e. The Kier molecular flexibility index (Phi) is 4.94. The highest BCUT2D eigenvalue weighted by molar-refractivity contribution is 5.66. The number of halogens is 1. The molecule has 0 saturated carbocycles. The third-order valence-electron chi connectivity index (χ3n) is 2.61. The fourth-order valence-electron chi connectivity index (χ4n) is 1.87. The first-order chi connectivity index (χ1) is 8.06. The Morgan fingerprint density at radius 2 is 2.24 bits per heavy atom. The van der Waals surface area contributed by atoms with E-state index >= 15 is 0 Å². The average molecular weight is 240 g/mol. The second-order valence-corrected chi connectivity index (χ2v) is 3.90. The van der Waals surface area contributed by atoms with Gasteiger partial charge in [0.25, 0.3) is 0 Å². The highest BCUT2D eigenvalue weighted by atomic mass is 19.1. The highest BCUT2D eigenvalue weighted by Crippen LogP contribution is 2.31. The SMILES string of the molecule is COc1cccc(CCCC(=O)O)c1C(C)F. The van der Waals surface area contributed by atoms with Crippen molar-refractivity contribution < 1.29 is 19.0 Å². The van der Waals surface area contributed by atoms with E-state index < -0.39 is 12.1 Å². The molecule has 4 heteroatoms. The molecule has 1 aromatic rings. The summed E-state index contributed by atoms with van der Waals surface area (Å²) in [6.07, 6.45) is 0.0260. The normalized spacial score (nSPS) is 12.2. The summed E-state index contributed by atoms with van der Waals surface area (Å²) in [6.45, 7) is 1.46. The van der Waals surface area contributed by atoms with E-state index in [1.165, 1.54) is 14.0 Å². The lowest BCUT2D eigenvalue weighted by Gasteiger charge is -2.14. The molecular formula is C13H17FO3. The van der Waals surface area contributed by atoms with Gasteiger partial charge in [0, 0.05) is 12.0 Å². The standard InChI is InChI=1S/C13H17FO3/c1-9(14)13-10(6-4-8-12(15)16)5-3-7-11(13)17-2/h3,5,7,9H,4,6,8H2,1-2H3,(H,15,16). The first-order valence-electron chi connectivity index (χ1n) is 5.58. The summed E-state index contributed by atoms with van der Waals surface area (Å²) in [5.41, 5.74) is 1.35. The minimum absolute atomic E-state index is 0.0946. The maximum Gasteiger partial charge on any atom is 0.303 e. The summed E-state index contributed by atoms with van der Waals surface area (Å²) in [6, 6.07) is 5.32. The first kappa shape index (κ1) is 13.5. The summed E-state index contributed by atoms with van der Waals surface area (Å²) < 4.78 is 18.6. The van der Waals surface area contributed by atoms with Crippen molar-refractivity contribution in [2.75, 3.05) is 7.11 Å². The van der Waals surface area contributed by atoms with Gasteiger partial charge in [0.2, 0.25) is 0 Å². The molecule has 0 aliphatic rings. The Labute approximate surface area is 100 Å². The number of rotatable bonds is 6. The number of hydrogen-bond acceptors (Lipinski definition) is 2. The van der Waals surface area contributed by atoms with Gasteiger partial charge in [-0.15, -0.1) is 0 Å². The maximum absolute atomic E-state index is 13.5. The van der Waals surface area contributed by atoms with Crippen LogP contribution in [0.5, 0.6) is 5.75 Å². The lowest BCUT2D eigenvalue weighted by molar-refractivity contribution is -0.137. The molecule has 94 valence electrons. The molecule has 1 atom stereocenters. The van der Waals surface area contributed by atoms with Crippen LogP contribution in [0.4, 0.5) is 4.39 Å². The molecule has 0 amide bonds. The zero-order valence-corrected chi connectivity index (χ0v) is 10.1. The second-order valence-electron chi connectivity index (χ2n) is 3.90. The minimum atomic E-state index is -1.12. The first-order valence-corrected chi connectivity index (χ1v) is 5.58. The van der Waals surface area contributed by atoms with Gasteiger partial charge in [-0.25, -0.2) is 4.39 Å². The van der Waals surface area contributed by atoms with Crippen LogP contribution in [-0.2, 0) is 11.2 Å². The quantitative estimate of drug-likeness (QED) is 0.830. The van der Waals surface area contributed by atoms with Gasteiger partial charge in [0.05, 0.1) is 7.11 Å². The lowest BCUT2D eigenvalue weighted by Crippen LogP contribution is -2.01. The number of benzene rings is 1. The number of aliphatic carboxylic acids is 1. The van der Waals surface area contributed by atoms with Crippen LogP contribution in [0.3, 0.4) is 0 Å². The predicted octanol–water partition coefficient (Wildman–Crippen LogP) is 3.13. The molecule has 0 bridgehead atoms. The van der Waals surface area contributed by atoms with E-state index in [1.807, 2.05) is 6.07 Å². The van der Waals surface area contributed by atoms with Crippen molar-refractivity contribution in [2.24, 2.45) is 0 Å². The zero-order chi connectivity index (χ0) is 12.8. The van der Waals surface area contributed by atoms with Crippen LogP contribution in [0.15, 0.2) is 18.2 Å². The van der Waals surface area contributed by atoms with Gasteiger partial charge in [-0.1, -0.05) is 12.1 Å². The number of hydrogen-bond donors (Lipinski definition) is 1. The third-order valence-corrected chi connectivity index (χ3v) is 2.61. The summed E-state index contributed by atoms with van der Waals surface area (Å²) >= 11 is 0. The molecular weight excluding hydrogens is 223 g/mol. The topological polar surface area (TPSA) is 46.5 Å². The van der Waals surface area contributed by atoms with Gasteiger partial charge in [0.15, 0.2) is 0 Å². The number of carbonyl (C=O) groups is 1. The van der Waals surface area contributed by atoms with Crippen LogP contribution in [0, 0.1) is 0 Å². The molecule has 3 nitrogen and oxygen atoms in total. The van der Waals surface area contributed by atoms with Gasteiger partial charge in [0.1, 0.15) is 11.9 Å². The highest BCUT2D eigenvalue weighted by Gasteiger charge is 2.15. The van der Waals surface area contributed by atoms with Crippen molar-refractivity contribution in [1.82, 2.24) is 0 Å². The van der Waals surface area contributed by atoms with Crippen LogP contribution in [-0.4, -0.2) is 18.2 Å². The molecule has 0 aliphatic heterocycles. The molecule has 0 aliphatic carbocycles. The van der Waals surface area contributed by atoms with E-state index in [4.69, 9.17) is 9.84 Å². The molecule has 17 heavy (non-hydrogen) atoms. The van der Waals surface area contributed by atoms with Crippen molar-refractivity contribution in [1.29, 1.82) is 0 Å². The predicted molar refractivity (Wildman–Crippen MR) is 63.1 cm³/mol. The van der Waals surface area contributed by atoms with Crippen LogP contribution in [0.1, 0.15) is 37.1 Å². The fraction of sp³-hybridized carbons (Fsp3) is 0.462. The van der Waals surface area contributed by atoms with Gasteiger partial charge in [-0.05, 0) is 31.4 Å². The van der Waals surface area contributed by atoms with E-state index in [0.717, 1.165) is 5.56 Å². The smallest absolute Gasteiger partial charge is 0.303 e. The van der Waals surface area contributed by atoms with Gasteiger partial charge in [-0.3, -0.25) is 4.79 Å². The van der Waals surface area contributed by atoms with Crippen molar-refractivity contribution >= 4 is 5.97 Å². The van der Waals surface area contributed by atoms with E-state index in [9.17, 15) is 9.18 Å². The van der Waals surface area contributed by atoms with Crippen LogP contribution in [0.2, 0.25) is 0 Å². The number of methoxy groups -OCH3 is 1. The van der Waals surface area contributed by atoms with Crippen molar-refractivity contribution in [2.45, 2.75) is 32.4 Å². The van der Waals surface area contributed by atoms with Gasteiger partial charge < -0.3 is 9.84 Å². The number of carboxylic acids is 1. The number of alkyl halides is 1. The van der Waals surface area contributed by atoms with Crippen molar-refractivity contribution in [3.8, 4) is 5.75 Å². The Morgan fingerprint density at radius 3 is 2.76 bits per heavy atom. The number of aryl methyl sites for hydroxylation is 1. The van der Waals surface area contributed by atoms with Gasteiger partial charge in [-0.2, -0.15) is 0 Å². The van der Waals surface area contributed by atoms with Crippen LogP contribution >= 0.6 is 0 Å². The van der Waals surface area contributed by atoms with Crippen molar-refractivity contribution in [3.63, 3.8) is 0 Å². The second kappa shape index (κ2) is 6.23. The van der Waals surface area contributed by atoms with Crippen LogP contribution < -0.4 is 4.74 Å². The molecule has 0 aromatic heterocycles. The largest absolute Gasteiger partial charge is 0.496 e. The molecule has 0 fully saturated rings. The molecule has 0 radical (unpaired) electrons. The van der Waals surface area contributed by atoms with Gasteiger partial charge >= 0.3 is 5.97 Å².